The number of nitrogens with zero attached hydrogens (tertiary/aromatic N) is 3. The Morgan fingerprint density at radius 1 is 1.25 bits per heavy atom. The van der Waals surface area contributed by atoms with Gasteiger partial charge in [0.15, 0.2) is 0 Å². The molecule has 126 valence electrons. The number of anilines is 1. The maximum Gasteiger partial charge on any atom is 0.270 e. The van der Waals surface area contributed by atoms with Crippen LogP contribution in [0.25, 0.3) is 0 Å². The molecule has 0 bridgehead atoms. The summed E-state index contributed by atoms with van der Waals surface area (Å²) in [6, 6.07) is 9.17. The Morgan fingerprint density at radius 3 is 2.67 bits per heavy atom. The summed E-state index contributed by atoms with van der Waals surface area (Å²) >= 11 is 5.86. The highest BCUT2D eigenvalue weighted by Crippen LogP contribution is 2.21. The van der Waals surface area contributed by atoms with Crippen molar-refractivity contribution in [2.75, 3.05) is 18.0 Å². The summed E-state index contributed by atoms with van der Waals surface area (Å²) in [6.07, 6.45) is 3.77. The zero-order valence-electron chi connectivity index (χ0n) is 13.7. The number of halogens is 1. The standard InChI is InChI=1S/C18H21ClN4O/c1-13-6-8-23(9-7-13)17-10-16(21-12-22-17)18(24)20-11-14-2-4-15(19)5-3-14/h2-5,10,12-13H,6-9,11H2,1H3,(H,20,24). The topological polar surface area (TPSA) is 58.1 Å². The number of aromatic nitrogens is 2. The molecule has 2 heterocycles. The smallest absolute Gasteiger partial charge is 0.270 e. The number of piperidine rings is 1. The van der Waals surface area contributed by atoms with Crippen LogP contribution >= 0.6 is 11.6 Å². The van der Waals surface area contributed by atoms with Crippen LogP contribution in [0.2, 0.25) is 5.02 Å². The molecule has 5 nitrogen and oxygen atoms in total. The second-order valence-corrected chi connectivity index (χ2v) is 6.68. The molecule has 1 N–H and O–H groups in total. The van der Waals surface area contributed by atoms with Crippen LogP contribution in [0.4, 0.5) is 5.82 Å². The predicted molar refractivity (Wildman–Crippen MR) is 95.3 cm³/mol. The first-order valence-electron chi connectivity index (χ1n) is 8.21. The van der Waals surface area contributed by atoms with Crippen molar-refractivity contribution < 1.29 is 4.79 Å². The van der Waals surface area contributed by atoms with Crippen molar-refractivity contribution in [3.8, 4) is 0 Å². The molecule has 6 heteroatoms. The summed E-state index contributed by atoms with van der Waals surface area (Å²) < 4.78 is 0. The fraction of sp³-hybridized carbons (Fsp3) is 0.389. The fourth-order valence-corrected chi connectivity index (χ4v) is 2.88. The SMILES string of the molecule is CC1CCN(c2cc(C(=O)NCc3ccc(Cl)cc3)ncn2)CC1. The molecule has 0 unspecified atom stereocenters. The van der Waals surface area contributed by atoms with Crippen molar-refractivity contribution in [1.82, 2.24) is 15.3 Å². The summed E-state index contributed by atoms with van der Waals surface area (Å²) in [5.74, 6) is 1.39. The van der Waals surface area contributed by atoms with E-state index in [2.05, 4.69) is 27.1 Å². The van der Waals surface area contributed by atoms with E-state index in [4.69, 9.17) is 11.6 Å². The minimum Gasteiger partial charge on any atom is -0.356 e. The van der Waals surface area contributed by atoms with E-state index in [0.29, 0.717) is 17.3 Å². The first-order chi connectivity index (χ1) is 11.6. The molecule has 3 rings (SSSR count). The summed E-state index contributed by atoms with van der Waals surface area (Å²) in [5, 5.41) is 3.56. The first kappa shape index (κ1) is 16.7. The second-order valence-electron chi connectivity index (χ2n) is 6.24. The lowest BCUT2D eigenvalue weighted by Gasteiger charge is -2.31. The zero-order chi connectivity index (χ0) is 16.9. The quantitative estimate of drug-likeness (QED) is 0.924. The number of amides is 1. The highest BCUT2D eigenvalue weighted by Gasteiger charge is 2.18. The average molecular weight is 345 g/mol. The molecule has 0 atom stereocenters. The largest absolute Gasteiger partial charge is 0.356 e. The van der Waals surface area contributed by atoms with Crippen molar-refractivity contribution in [3.63, 3.8) is 0 Å². The van der Waals surface area contributed by atoms with Crippen LogP contribution in [-0.4, -0.2) is 29.0 Å². The van der Waals surface area contributed by atoms with Crippen molar-refractivity contribution in [1.29, 1.82) is 0 Å². The Balaban J connectivity index is 1.62. The molecular weight excluding hydrogens is 324 g/mol. The van der Waals surface area contributed by atoms with E-state index in [-0.39, 0.29) is 5.91 Å². The average Bonchev–Trinajstić information content (AvgIpc) is 2.62. The van der Waals surface area contributed by atoms with Gasteiger partial charge in [-0.3, -0.25) is 4.79 Å². The lowest BCUT2D eigenvalue weighted by Crippen LogP contribution is -2.34. The Morgan fingerprint density at radius 2 is 1.96 bits per heavy atom. The molecule has 0 saturated carbocycles. The van der Waals surface area contributed by atoms with Gasteiger partial charge in [0.2, 0.25) is 0 Å². The maximum absolute atomic E-state index is 12.3. The summed E-state index contributed by atoms with van der Waals surface area (Å²) in [5.41, 5.74) is 1.39. The number of carbonyl (C=O) groups is 1. The van der Waals surface area contributed by atoms with Crippen molar-refractivity contribution in [2.45, 2.75) is 26.3 Å². The van der Waals surface area contributed by atoms with Crippen molar-refractivity contribution >= 4 is 23.3 Å². The van der Waals surface area contributed by atoms with Crippen LogP contribution in [0.15, 0.2) is 36.7 Å². The third-order valence-electron chi connectivity index (χ3n) is 4.36. The maximum atomic E-state index is 12.3. The van der Waals surface area contributed by atoms with E-state index in [9.17, 15) is 4.79 Å². The van der Waals surface area contributed by atoms with Gasteiger partial charge in [-0.1, -0.05) is 30.7 Å². The molecule has 1 amide bonds. The normalized spacial score (nSPS) is 15.3. The number of carbonyl (C=O) groups excluding carboxylic acids is 1. The Hall–Kier alpha value is -2.14. The molecule has 1 saturated heterocycles. The van der Waals surface area contributed by atoms with E-state index >= 15 is 0 Å². The van der Waals surface area contributed by atoms with Crippen molar-refractivity contribution in [2.24, 2.45) is 5.92 Å². The van der Waals surface area contributed by atoms with Gasteiger partial charge in [-0.05, 0) is 36.5 Å². The van der Waals surface area contributed by atoms with E-state index in [0.717, 1.165) is 43.2 Å². The van der Waals surface area contributed by atoms with Gasteiger partial charge in [-0.15, -0.1) is 0 Å². The van der Waals surface area contributed by atoms with E-state index < -0.39 is 0 Å². The van der Waals surface area contributed by atoms with Gasteiger partial charge in [0.1, 0.15) is 17.8 Å². The Labute approximate surface area is 147 Å². The van der Waals surface area contributed by atoms with Crippen LogP contribution in [0.3, 0.4) is 0 Å². The lowest BCUT2D eigenvalue weighted by molar-refractivity contribution is 0.0945. The van der Waals surface area contributed by atoms with Crippen LogP contribution in [0.1, 0.15) is 35.8 Å². The molecule has 1 aliphatic heterocycles. The molecule has 1 aliphatic rings. The van der Waals surface area contributed by atoms with Gasteiger partial charge in [-0.25, -0.2) is 9.97 Å². The first-order valence-corrected chi connectivity index (χ1v) is 8.59. The number of rotatable bonds is 4. The van der Waals surface area contributed by atoms with Crippen LogP contribution in [0, 0.1) is 5.92 Å². The molecule has 0 spiro atoms. The number of hydrogen-bond acceptors (Lipinski definition) is 4. The van der Waals surface area contributed by atoms with Gasteiger partial charge in [0.25, 0.3) is 5.91 Å². The van der Waals surface area contributed by atoms with Gasteiger partial charge in [-0.2, -0.15) is 0 Å². The Bertz CT molecular complexity index is 696. The molecule has 0 aliphatic carbocycles. The van der Waals surface area contributed by atoms with Crippen LogP contribution in [-0.2, 0) is 6.54 Å². The molecule has 1 aromatic heterocycles. The van der Waals surface area contributed by atoms with E-state index in [1.54, 1.807) is 6.07 Å². The molecule has 2 aromatic rings. The van der Waals surface area contributed by atoms with E-state index in [1.807, 2.05) is 24.3 Å². The summed E-state index contributed by atoms with van der Waals surface area (Å²) in [6.45, 7) is 4.66. The number of hydrogen-bond donors (Lipinski definition) is 1. The monoisotopic (exact) mass is 344 g/mol. The summed E-state index contributed by atoms with van der Waals surface area (Å²) in [4.78, 5) is 23.0. The Kier molecular flexibility index (Phi) is 5.30. The summed E-state index contributed by atoms with van der Waals surface area (Å²) in [7, 11) is 0. The van der Waals surface area contributed by atoms with E-state index in [1.165, 1.54) is 6.33 Å². The van der Waals surface area contributed by atoms with Crippen LogP contribution in [0.5, 0.6) is 0 Å². The van der Waals surface area contributed by atoms with Gasteiger partial charge >= 0.3 is 0 Å². The number of nitrogens with one attached hydrogen (secondary N) is 1. The predicted octanol–water partition coefficient (Wildman–Crippen LogP) is 3.30. The minimum absolute atomic E-state index is 0.195. The lowest BCUT2D eigenvalue weighted by atomic mass is 9.99. The molecule has 24 heavy (non-hydrogen) atoms. The van der Waals surface area contributed by atoms with Gasteiger partial charge < -0.3 is 10.2 Å². The molecular formula is C18H21ClN4O. The second kappa shape index (κ2) is 7.62. The van der Waals surface area contributed by atoms with Gasteiger partial charge in [0, 0.05) is 30.7 Å². The van der Waals surface area contributed by atoms with Crippen LogP contribution < -0.4 is 10.2 Å². The fourth-order valence-electron chi connectivity index (χ4n) is 2.76. The van der Waals surface area contributed by atoms with Gasteiger partial charge in [0.05, 0.1) is 0 Å². The van der Waals surface area contributed by atoms with Crippen molar-refractivity contribution in [3.05, 3.63) is 52.9 Å². The zero-order valence-corrected chi connectivity index (χ0v) is 14.5. The highest BCUT2D eigenvalue weighted by atomic mass is 35.5. The minimum atomic E-state index is -0.195. The molecule has 0 radical (unpaired) electrons. The third-order valence-corrected chi connectivity index (χ3v) is 4.61. The third kappa shape index (κ3) is 4.23. The highest BCUT2D eigenvalue weighted by molar-refractivity contribution is 6.30. The number of benzene rings is 1. The molecule has 1 aromatic carbocycles. The molecule has 1 fully saturated rings.